The highest BCUT2D eigenvalue weighted by Crippen LogP contribution is 2.26. The molecule has 2 rings (SSSR count). The van der Waals surface area contributed by atoms with E-state index < -0.39 is 15.1 Å². The van der Waals surface area contributed by atoms with Gasteiger partial charge in [0.2, 0.25) is 0 Å². The van der Waals surface area contributed by atoms with Crippen LogP contribution in [0.15, 0.2) is 35.7 Å². The predicted molar refractivity (Wildman–Crippen MR) is 82.4 cm³/mol. The Kier molecular flexibility index (Phi) is 4.57. The van der Waals surface area contributed by atoms with E-state index in [-0.39, 0.29) is 6.04 Å². The average molecular weight is 310 g/mol. The number of aromatic nitrogens is 1. The van der Waals surface area contributed by atoms with Crippen molar-refractivity contribution >= 4 is 21.2 Å². The maximum absolute atomic E-state index is 11.5. The van der Waals surface area contributed by atoms with E-state index in [0.717, 1.165) is 11.3 Å². The fraction of sp³-hybridized carbons (Fsp3) is 0.357. The SMILES string of the molecule is CC(c1nc(CC(N)c2ccccc2)cs1)S(C)(=O)=O. The molecule has 0 radical (unpaired) electrons. The van der Waals surface area contributed by atoms with Crippen LogP contribution in [-0.4, -0.2) is 19.7 Å². The summed E-state index contributed by atoms with van der Waals surface area (Å²) >= 11 is 1.38. The number of nitrogens with two attached hydrogens (primary N) is 1. The zero-order chi connectivity index (χ0) is 14.8. The number of benzene rings is 1. The molecule has 2 unspecified atom stereocenters. The van der Waals surface area contributed by atoms with Gasteiger partial charge in [0, 0.05) is 24.1 Å². The maximum atomic E-state index is 11.5. The molecule has 4 nitrogen and oxygen atoms in total. The minimum absolute atomic E-state index is 0.125. The summed E-state index contributed by atoms with van der Waals surface area (Å²) in [6.07, 6.45) is 1.84. The van der Waals surface area contributed by atoms with E-state index in [9.17, 15) is 8.42 Å². The molecule has 108 valence electrons. The normalized spacial score (nSPS) is 14.9. The van der Waals surface area contributed by atoms with Crippen molar-refractivity contribution in [3.05, 3.63) is 52.0 Å². The molecule has 0 bridgehead atoms. The van der Waals surface area contributed by atoms with Crippen molar-refractivity contribution in [3.8, 4) is 0 Å². The summed E-state index contributed by atoms with van der Waals surface area (Å²) in [6, 6.07) is 9.69. The topological polar surface area (TPSA) is 73.0 Å². The Labute approximate surface area is 123 Å². The van der Waals surface area contributed by atoms with E-state index in [1.807, 2.05) is 35.7 Å². The summed E-state index contributed by atoms with van der Waals surface area (Å²) in [5, 5.41) is 1.96. The Balaban J connectivity index is 2.11. The zero-order valence-electron chi connectivity index (χ0n) is 11.5. The summed E-state index contributed by atoms with van der Waals surface area (Å²) in [7, 11) is -3.11. The number of hydrogen-bond acceptors (Lipinski definition) is 5. The Morgan fingerprint density at radius 1 is 1.30 bits per heavy atom. The molecule has 0 spiro atoms. The van der Waals surface area contributed by atoms with Crippen LogP contribution >= 0.6 is 11.3 Å². The van der Waals surface area contributed by atoms with Crippen molar-refractivity contribution in [1.29, 1.82) is 0 Å². The van der Waals surface area contributed by atoms with Crippen LogP contribution in [0, 0.1) is 0 Å². The molecule has 1 aromatic carbocycles. The zero-order valence-corrected chi connectivity index (χ0v) is 13.1. The highest BCUT2D eigenvalue weighted by Gasteiger charge is 2.21. The van der Waals surface area contributed by atoms with E-state index in [2.05, 4.69) is 4.98 Å². The smallest absolute Gasteiger partial charge is 0.156 e. The molecule has 6 heteroatoms. The molecule has 0 amide bonds. The quantitative estimate of drug-likeness (QED) is 0.921. The van der Waals surface area contributed by atoms with Gasteiger partial charge < -0.3 is 5.73 Å². The molecule has 0 fully saturated rings. The molecule has 0 saturated carbocycles. The molecule has 0 saturated heterocycles. The highest BCUT2D eigenvalue weighted by atomic mass is 32.2. The Hall–Kier alpha value is -1.24. The van der Waals surface area contributed by atoms with E-state index in [1.54, 1.807) is 6.92 Å². The van der Waals surface area contributed by atoms with E-state index in [1.165, 1.54) is 17.6 Å². The average Bonchev–Trinajstić information content (AvgIpc) is 2.86. The monoisotopic (exact) mass is 310 g/mol. The first-order valence-corrected chi connectivity index (χ1v) is 9.15. The van der Waals surface area contributed by atoms with Crippen LogP contribution in [0.5, 0.6) is 0 Å². The number of thiazole rings is 1. The minimum atomic E-state index is -3.11. The second-order valence-electron chi connectivity index (χ2n) is 4.87. The van der Waals surface area contributed by atoms with Gasteiger partial charge in [-0.2, -0.15) is 0 Å². The van der Waals surface area contributed by atoms with Gasteiger partial charge >= 0.3 is 0 Å². The third kappa shape index (κ3) is 3.65. The molecular weight excluding hydrogens is 292 g/mol. The maximum Gasteiger partial charge on any atom is 0.156 e. The van der Waals surface area contributed by atoms with E-state index in [4.69, 9.17) is 5.73 Å². The summed E-state index contributed by atoms with van der Waals surface area (Å²) in [4.78, 5) is 4.40. The van der Waals surface area contributed by atoms with Gasteiger partial charge in [-0.15, -0.1) is 11.3 Å². The lowest BCUT2D eigenvalue weighted by Crippen LogP contribution is -2.13. The molecule has 0 aliphatic rings. The molecule has 20 heavy (non-hydrogen) atoms. The minimum Gasteiger partial charge on any atom is -0.324 e. The predicted octanol–water partition coefficient (Wildman–Crippen LogP) is 2.49. The Morgan fingerprint density at radius 2 is 1.95 bits per heavy atom. The van der Waals surface area contributed by atoms with Gasteiger partial charge in [-0.25, -0.2) is 13.4 Å². The first-order chi connectivity index (χ1) is 9.38. The van der Waals surface area contributed by atoms with Gasteiger partial charge in [0.25, 0.3) is 0 Å². The standard InChI is InChI=1S/C14H18N2O2S2/c1-10(20(2,17)18)14-16-12(9-19-14)8-13(15)11-6-4-3-5-7-11/h3-7,9-10,13H,8,15H2,1-2H3. The van der Waals surface area contributed by atoms with Crippen LogP contribution < -0.4 is 5.73 Å². The Morgan fingerprint density at radius 3 is 2.55 bits per heavy atom. The van der Waals surface area contributed by atoms with Crippen LogP contribution in [0.25, 0.3) is 0 Å². The molecule has 0 aliphatic carbocycles. The summed E-state index contributed by atoms with van der Waals surface area (Å²) in [6.45, 7) is 1.66. The third-order valence-corrected chi connectivity index (χ3v) is 5.95. The van der Waals surface area contributed by atoms with Crippen LogP contribution in [0.4, 0.5) is 0 Å². The molecule has 1 heterocycles. The summed E-state index contributed by atoms with van der Waals surface area (Å²) < 4.78 is 23.1. The molecular formula is C14H18N2O2S2. The largest absolute Gasteiger partial charge is 0.324 e. The number of nitrogens with zero attached hydrogens (tertiary/aromatic N) is 1. The van der Waals surface area contributed by atoms with Gasteiger partial charge in [-0.05, 0) is 12.5 Å². The van der Waals surface area contributed by atoms with Gasteiger partial charge in [0.1, 0.15) is 10.3 Å². The van der Waals surface area contributed by atoms with E-state index >= 15 is 0 Å². The van der Waals surface area contributed by atoms with Crippen molar-refractivity contribution in [2.45, 2.75) is 24.6 Å². The molecule has 1 aromatic heterocycles. The number of hydrogen-bond donors (Lipinski definition) is 1. The van der Waals surface area contributed by atoms with Crippen molar-refractivity contribution in [1.82, 2.24) is 4.98 Å². The number of rotatable bonds is 5. The fourth-order valence-corrected chi connectivity index (χ4v) is 3.71. The molecule has 2 N–H and O–H groups in total. The van der Waals surface area contributed by atoms with Gasteiger partial charge in [0.15, 0.2) is 9.84 Å². The first-order valence-electron chi connectivity index (χ1n) is 6.31. The first kappa shape index (κ1) is 15.2. The van der Waals surface area contributed by atoms with Crippen molar-refractivity contribution < 1.29 is 8.42 Å². The lowest BCUT2D eigenvalue weighted by molar-refractivity contribution is 0.591. The van der Waals surface area contributed by atoms with Crippen LogP contribution in [-0.2, 0) is 16.3 Å². The van der Waals surface area contributed by atoms with Crippen LogP contribution in [0.3, 0.4) is 0 Å². The summed E-state index contributed by atoms with van der Waals surface area (Å²) in [5.41, 5.74) is 8.04. The molecule has 0 aliphatic heterocycles. The van der Waals surface area contributed by atoms with Crippen LogP contribution in [0.1, 0.15) is 34.5 Å². The fourth-order valence-electron chi connectivity index (χ4n) is 1.83. The third-order valence-electron chi connectivity index (χ3n) is 3.22. The van der Waals surface area contributed by atoms with Gasteiger partial charge in [0.05, 0.1) is 5.69 Å². The second kappa shape index (κ2) is 6.03. The lowest BCUT2D eigenvalue weighted by Gasteiger charge is -2.10. The highest BCUT2D eigenvalue weighted by molar-refractivity contribution is 7.91. The Bertz CT molecular complexity index is 665. The van der Waals surface area contributed by atoms with Gasteiger partial charge in [-0.3, -0.25) is 0 Å². The number of sulfone groups is 1. The van der Waals surface area contributed by atoms with Crippen LogP contribution in [0.2, 0.25) is 0 Å². The molecule has 2 atom stereocenters. The molecule has 2 aromatic rings. The summed E-state index contributed by atoms with van der Waals surface area (Å²) in [5.74, 6) is 0. The van der Waals surface area contributed by atoms with Gasteiger partial charge in [-0.1, -0.05) is 30.3 Å². The van der Waals surface area contributed by atoms with Crippen molar-refractivity contribution in [2.24, 2.45) is 5.73 Å². The van der Waals surface area contributed by atoms with Crippen molar-refractivity contribution in [2.75, 3.05) is 6.26 Å². The lowest BCUT2D eigenvalue weighted by atomic mass is 10.0. The van der Waals surface area contributed by atoms with E-state index in [0.29, 0.717) is 11.4 Å². The van der Waals surface area contributed by atoms with Crippen molar-refractivity contribution in [3.63, 3.8) is 0 Å². The second-order valence-corrected chi connectivity index (χ2v) is 8.13.